The average Bonchev–Trinajstić information content (AvgIpc) is 2.88. The third-order valence-corrected chi connectivity index (χ3v) is 3.52. The fraction of sp³-hybridized carbons (Fsp3) is 0.118. The van der Waals surface area contributed by atoms with Crippen LogP contribution in [0.1, 0.15) is 21.6 Å². The highest BCUT2D eigenvalue weighted by Gasteiger charge is 2.15. The number of aromatic carboxylic acids is 1. The van der Waals surface area contributed by atoms with Crippen molar-refractivity contribution in [1.29, 1.82) is 0 Å². The van der Waals surface area contributed by atoms with E-state index in [1.54, 1.807) is 10.6 Å². The SMILES string of the molecule is Cc1ccn2c(N=Nc3ccc(C(=O)O)cc3)c(CC(=O)O)nc2c1. The summed E-state index contributed by atoms with van der Waals surface area (Å²) in [7, 11) is 0. The first kappa shape index (κ1) is 16.3. The summed E-state index contributed by atoms with van der Waals surface area (Å²) in [5.41, 5.74) is 2.49. The minimum absolute atomic E-state index is 0.149. The third kappa shape index (κ3) is 3.52. The topological polar surface area (TPSA) is 117 Å². The van der Waals surface area contributed by atoms with Gasteiger partial charge in [-0.2, -0.15) is 0 Å². The number of carbonyl (C=O) groups is 2. The van der Waals surface area contributed by atoms with Gasteiger partial charge in [-0.15, -0.1) is 10.2 Å². The van der Waals surface area contributed by atoms with Crippen molar-refractivity contribution < 1.29 is 19.8 Å². The summed E-state index contributed by atoms with van der Waals surface area (Å²) in [6, 6.07) is 9.58. The highest BCUT2D eigenvalue weighted by atomic mass is 16.4. The highest BCUT2D eigenvalue weighted by Crippen LogP contribution is 2.25. The molecule has 3 aromatic rings. The number of aryl methyl sites for hydroxylation is 1. The zero-order valence-corrected chi connectivity index (χ0v) is 13.2. The number of azo groups is 1. The van der Waals surface area contributed by atoms with Crippen LogP contribution in [-0.2, 0) is 11.2 Å². The number of rotatable bonds is 5. The first-order chi connectivity index (χ1) is 11.9. The average molecular weight is 338 g/mol. The van der Waals surface area contributed by atoms with Crippen LogP contribution in [0.15, 0.2) is 52.8 Å². The van der Waals surface area contributed by atoms with Gasteiger partial charge in [-0.25, -0.2) is 9.78 Å². The summed E-state index contributed by atoms with van der Waals surface area (Å²) in [5.74, 6) is -1.70. The van der Waals surface area contributed by atoms with E-state index in [-0.39, 0.29) is 12.0 Å². The van der Waals surface area contributed by atoms with Crippen LogP contribution in [0.3, 0.4) is 0 Å². The van der Waals surface area contributed by atoms with Crippen molar-refractivity contribution in [3.05, 3.63) is 59.4 Å². The molecule has 1 aromatic carbocycles. The normalized spacial score (nSPS) is 11.2. The van der Waals surface area contributed by atoms with E-state index in [0.717, 1.165) is 5.56 Å². The van der Waals surface area contributed by atoms with E-state index in [0.29, 0.717) is 22.8 Å². The van der Waals surface area contributed by atoms with Crippen molar-refractivity contribution in [3.8, 4) is 0 Å². The zero-order valence-electron chi connectivity index (χ0n) is 13.2. The van der Waals surface area contributed by atoms with E-state index in [9.17, 15) is 9.59 Å². The molecule has 0 unspecified atom stereocenters. The standard InChI is InChI=1S/C17H14N4O4/c1-10-6-7-21-14(8-10)18-13(9-15(22)23)16(21)20-19-12-4-2-11(3-5-12)17(24)25/h2-8H,9H2,1H3,(H,22,23)(H,24,25). The highest BCUT2D eigenvalue weighted by molar-refractivity contribution is 5.87. The molecule has 25 heavy (non-hydrogen) atoms. The van der Waals surface area contributed by atoms with E-state index in [1.165, 1.54) is 24.3 Å². The Morgan fingerprint density at radius 2 is 1.84 bits per heavy atom. The molecule has 0 radical (unpaired) electrons. The van der Waals surface area contributed by atoms with E-state index >= 15 is 0 Å². The molecule has 0 aliphatic heterocycles. The molecule has 2 heterocycles. The summed E-state index contributed by atoms with van der Waals surface area (Å²) in [5, 5.41) is 26.2. The second kappa shape index (κ2) is 6.52. The lowest BCUT2D eigenvalue weighted by atomic mass is 10.2. The Balaban J connectivity index is 2.01. The summed E-state index contributed by atoms with van der Waals surface area (Å²) in [6.45, 7) is 1.91. The molecule has 0 saturated carbocycles. The fourth-order valence-corrected chi connectivity index (χ4v) is 2.33. The molecular formula is C17H14N4O4. The lowest BCUT2D eigenvalue weighted by Crippen LogP contribution is -2.00. The molecule has 0 atom stereocenters. The van der Waals surface area contributed by atoms with Gasteiger partial charge in [-0.05, 0) is 48.9 Å². The number of benzene rings is 1. The van der Waals surface area contributed by atoms with Crippen molar-refractivity contribution in [2.75, 3.05) is 0 Å². The summed E-state index contributed by atoms with van der Waals surface area (Å²) < 4.78 is 1.67. The number of hydrogen-bond acceptors (Lipinski definition) is 5. The van der Waals surface area contributed by atoms with Gasteiger partial charge < -0.3 is 10.2 Å². The van der Waals surface area contributed by atoms with Crippen LogP contribution < -0.4 is 0 Å². The number of pyridine rings is 1. The van der Waals surface area contributed by atoms with Crippen molar-refractivity contribution in [3.63, 3.8) is 0 Å². The Hall–Kier alpha value is -3.55. The molecular weight excluding hydrogens is 324 g/mol. The van der Waals surface area contributed by atoms with Crippen LogP contribution in [-0.4, -0.2) is 31.5 Å². The largest absolute Gasteiger partial charge is 0.481 e. The van der Waals surface area contributed by atoms with E-state index in [4.69, 9.17) is 10.2 Å². The first-order valence-corrected chi connectivity index (χ1v) is 7.38. The minimum Gasteiger partial charge on any atom is -0.481 e. The zero-order chi connectivity index (χ0) is 18.0. The maximum Gasteiger partial charge on any atom is 0.335 e. The molecule has 0 aliphatic rings. The molecule has 0 aliphatic carbocycles. The predicted molar refractivity (Wildman–Crippen MR) is 88.8 cm³/mol. The number of carboxylic acids is 2. The second-order valence-electron chi connectivity index (χ2n) is 5.44. The van der Waals surface area contributed by atoms with Gasteiger partial charge in [0.25, 0.3) is 0 Å². The lowest BCUT2D eigenvalue weighted by molar-refractivity contribution is -0.136. The summed E-state index contributed by atoms with van der Waals surface area (Å²) in [6.07, 6.45) is 1.48. The van der Waals surface area contributed by atoms with Crippen LogP contribution in [0.2, 0.25) is 0 Å². The maximum atomic E-state index is 11.1. The molecule has 0 saturated heterocycles. The smallest absolute Gasteiger partial charge is 0.335 e. The molecule has 2 N–H and O–H groups in total. The molecule has 0 fully saturated rings. The van der Waals surface area contributed by atoms with E-state index in [2.05, 4.69) is 15.2 Å². The monoisotopic (exact) mass is 338 g/mol. The number of fused-ring (bicyclic) bond motifs is 1. The van der Waals surface area contributed by atoms with E-state index < -0.39 is 11.9 Å². The Morgan fingerprint density at radius 1 is 1.12 bits per heavy atom. The quantitative estimate of drug-likeness (QED) is 0.692. The molecule has 8 heteroatoms. The Morgan fingerprint density at radius 3 is 2.48 bits per heavy atom. The van der Waals surface area contributed by atoms with Gasteiger partial charge >= 0.3 is 11.9 Å². The molecule has 3 rings (SSSR count). The summed E-state index contributed by atoms with van der Waals surface area (Å²) >= 11 is 0. The Labute approximate surface area is 142 Å². The van der Waals surface area contributed by atoms with Gasteiger partial charge in [0.15, 0.2) is 5.82 Å². The lowest BCUT2D eigenvalue weighted by Gasteiger charge is -1.99. The predicted octanol–water partition coefficient (Wildman–Crippen LogP) is 3.38. The minimum atomic E-state index is -1.02. The van der Waals surface area contributed by atoms with Crippen molar-refractivity contribution in [2.45, 2.75) is 13.3 Å². The number of carboxylic acid groups (broad SMARTS) is 2. The molecule has 126 valence electrons. The van der Waals surface area contributed by atoms with E-state index in [1.807, 2.05) is 19.1 Å². The number of aliphatic carboxylic acids is 1. The van der Waals surface area contributed by atoms with Gasteiger partial charge in [0.05, 0.1) is 23.4 Å². The molecule has 0 bridgehead atoms. The maximum absolute atomic E-state index is 11.1. The molecule has 2 aromatic heterocycles. The van der Waals surface area contributed by atoms with Crippen LogP contribution >= 0.6 is 0 Å². The number of nitrogens with zero attached hydrogens (tertiary/aromatic N) is 4. The van der Waals surface area contributed by atoms with Crippen LogP contribution in [0, 0.1) is 6.92 Å². The number of hydrogen-bond donors (Lipinski definition) is 2. The third-order valence-electron chi connectivity index (χ3n) is 3.52. The van der Waals surface area contributed by atoms with Crippen LogP contribution in [0.5, 0.6) is 0 Å². The number of aromatic nitrogens is 2. The van der Waals surface area contributed by atoms with Gasteiger partial charge in [-0.1, -0.05) is 0 Å². The van der Waals surface area contributed by atoms with Gasteiger partial charge in [-0.3, -0.25) is 9.20 Å². The second-order valence-corrected chi connectivity index (χ2v) is 5.44. The summed E-state index contributed by atoms with van der Waals surface area (Å²) in [4.78, 5) is 26.2. The Bertz CT molecular complexity index is 990. The van der Waals surface area contributed by atoms with Crippen molar-refractivity contribution in [2.24, 2.45) is 10.2 Å². The first-order valence-electron chi connectivity index (χ1n) is 7.38. The number of imidazole rings is 1. The fourth-order valence-electron chi connectivity index (χ4n) is 2.33. The van der Waals surface area contributed by atoms with Gasteiger partial charge in [0, 0.05) is 6.20 Å². The van der Waals surface area contributed by atoms with Gasteiger partial charge in [0.2, 0.25) is 0 Å². The van der Waals surface area contributed by atoms with Crippen LogP contribution in [0.4, 0.5) is 11.5 Å². The molecule has 0 amide bonds. The van der Waals surface area contributed by atoms with Crippen molar-refractivity contribution >= 4 is 29.1 Å². The Kier molecular flexibility index (Phi) is 4.25. The molecule has 8 nitrogen and oxygen atoms in total. The molecule has 0 spiro atoms. The van der Waals surface area contributed by atoms with Gasteiger partial charge in [0.1, 0.15) is 5.65 Å². The van der Waals surface area contributed by atoms with Crippen molar-refractivity contribution in [1.82, 2.24) is 9.38 Å². The van der Waals surface area contributed by atoms with Crippen LogP contribution in [0.25, 0.3) is 5.65 Å².